The van der Waals surface area contributed by atoms with Crippen LogP contribution in [0.3, 0.4) is 0 Å². The van der Waals surface area contributed by atoms with Crippen molar-refractivity contribution in [1.29, 1.82) is 0 Å². The molecule has 0 unspecified atom stereocenters. The first-order valence-corrected chi connectivity index (χ1v) is 22.5. The fourth-order valence-corrected chi connectivity index (χ4v) is 7.95. The highest BCUT2D eigenvalue weighted by Crippen LogP contribution is 2.44. The number of rotatable bonds is 10. The summed E-state index contributed by atoms with van der Waals surface area (Å²) in [5, 5.41) is 0. The number of hydrogen-bond acceptors (Lipinski definition) is 6. The molecule has 0 spiro atoms. The Balaban J connectivity index is 2.06. The molecule has 1 aliphatic rings. The van der Waals surface area contributed by atoms with Crippen molar-refractivity contribution in [2.75, 3.05) is 13.2 Å². The summed E-state index contributed by atoms with van der Waals surface area (Å²) in [6.45, 7) is 39.4. The number of ether oxygens (including phenoxy) is 4. The van der Waals surface area contributed by atoms with E-state index in [9.17, 15) is 9.59 Å². The lowest BCUT2D eigenvalue weighted by Gasteiger charge is -2.29. The van der Waals surface area contributed by atoms with Gasteiger partial charge in [0.1, 0.15) is 23.0 Å². The van der Waals surface area contributed by atoms with E-state index in [0.717, 1.165) is 91.1 Å². The highest BCUT2D eigenvalue weighted by atomic mass is 16.5. The van der Waals surface area contributed by atoms with Crippen LogP contribution >= 0.6 is 0 Å². The van der Waals surface area contributed by atoms with Gasteiger partial charge >= 0.3 is 11.9 Å². The summed E-state index contributed by atoms with van der Waals surface area (Å²) in [5.41, 5.74) is 11.1. The van der Waals surface area contributed by atoms with Gasteiger partial charge in [-0.1, -0.05) is 159 Å². The molecule has 6 heteroatoms. The maximum Gasteiger partial charge on any atom is 0.335 e. The van der Waals surface area contributed by atoms with Crippen molar-refractivity contribution in [2.24, 2.45) is 0 Å². The molecule has 8 bridgehead atoms. The first-order valence-electron chi connectivity index (χ1n) is 22.5. The average molecular weight is 841 g/mol. The Bertz CT molecular complexity index is 2070. The fourth-order valence-electron chi connectivity index (χ4n) is 7.95. The monoisotopic (exact) mass is 841 g/mol. The van der Waals surface area contributed by atoms with Gasteiger partial charge in [-0.15, -0.1) is 0 Å². The van der Waals surface area contributed by atoms with Crippen LogP contribution in [0.4, 0.5) is 0 Å². The van der Waals surface area contributed by atoms with Crippen LogP contribution in [-0.4, -0.2) is 25.2 Å². The SMILES string of the molecule is C=CC(=O)Oc1c2cc(C(C)(C)C)cc1Cc1cc(C(C)(C)C)cc(c1OCCC)Cc1cc(C(C)(C)C)cc(c1OC(=O)C=C)Cc1cc(C(C)(C)C)cc(c1OCCC)C2. The molecule has 0 heterocycles. The number of carbonyl (C=O) groups excluding carboxylic acids is 2. The van der Waals surface area contributed by atoms with Gasteiger partial charge in [0.25, 0.3) is 0 Å². The van der Waals surface area contributed by atoms with Gasteiger partial charge in [0.2, 0.25) is 0 Å². The Hall–Kier alpha value is -5.10. The number of fused-ring (bicyclic) bond motifs is 8. The molecule has 0 aliphatic heterocycles. The molecule has 0 radical (unpaired) electrons. The summed E-state index contributed by atoms with van der Waals surface area (Å²) < 4.78 is 26.4. The second-order valence-electron chi connectivity index (χ2n) is 21.1. The second-order valence-corrected chi connectivity index (χ2v) is 21.1. The lowest BCUT2D eigenvalue weighted by molar-refractivity contribution is -0.129. The molecular weight excluding hydrogens is 769 g/mol. The summed E-state index contributed by atoms with van der Waals surface area (Å²) in [7, 11) is 0. The molecule has 0 atom stereocenters. The van der Waals surface area contributed by atoms with Crippen molar-refractivity contribution < 1.29 is 28.5 Å². The van der Waals surface area contributed by atoms with Crippen molar-refractivity contribution >= 4 is 11.9 Å². The molecule has 6 nitrogen and oxygen atoms in total. The minimum Gasteiger partial charge on any atom is -0.493 e. The van der Waals surface area contributed by atoms with Gasteiger partial charge in [0.05, 0.1) is 13.2 Å². The van der Waals surface area contributed by atoms with Crippen LogP contribution in [0.15, 0.2) is 73.8 Å². The van der Waals surface area contributed by atoms with Gasteiger partial charge in [0, 0.05) is 60.1 Å². The maximum absolute atomic E-state index is 13.4. The molecule has 5 rings (SSSR count). The Morgan fingerprint density at radius 3 is 0.823 bits per heavy atom. The normalized spacial score (nSPS) is 13.3. The third-order valence-electron chi connectivity index (χ3n) is 11.6. The lowest BCUT2D eigenvalue weighted by atomic mass is 9.79. The largest absolute Gasteiger partial charge is 0.493 e. The third kappa shape index (κ3) is 11.3. The molecule has 4 aromatic carbocycles. The summed E-state index contributed by atoms with van der Waals surface area (Å²) in [6, 6.07) is 17.8. The summed E-state index contributed by atoms with van der Waals surface area (Å²) >= 11 is 0. The summed E-state index contributed by atoms with van der Waals surface area (Å²) in [4.78, 5) is 26.8. The number of hydrogen-bond donors (Lipinski definition) is 0. The number of benzene rings is 4. The molecule has 1 aliphatic carbocycles. The molecule has 0 amide bonds. The minimum atomic E-state index is -0.515. The van der Waals surface area contributed by atoms with Crippen molar-refractivity contribution in [3.63, 3.8) is 0 Å². The van der Waals surface area contributed by atoms with Crippen LogP contribution in [0.5, 0.6) is 23.0 Å². The van der Waals surface area contributed by atoms with Gasteiger partial charge in [0.15, 0.2) is 0 Å². The van der Waals surface area contributed by atoms with Crippen LogP contribution < -0.4 is 18.9 Å². The van der Waals surface area contributed by atoms with Crippen LogP contribution in [0.25, 0.3) is 0 Å². The molecule has 4 aromatic rings. The van der Waals surface area contributed by atoms with E-state index in [1.807, 2.05) is 0 Å². The van der Waals surface area contributed by atoms with E-state index in [1.54, 1.807) is 0 Å². The van der Waals surface area contributed by atoms with E-state index in [-0.39, 0.29) is 21.7 Å². The van der Waals surface area contributed by atoms with Crippen molar-refractivity contribution in [1.82, 2.24) is 0 Å². The zero-order chi connectivity index (χ0) is 45.9. The third-order valence-corrected chi connectivity index (χ3v) is 11.6. The smallest absolute Gasteiger partial charge is 0.335 e. The zero-order valence-corrected chi connectivity index (χ0v) is 40.3. The van der Waals surface area contributed by atoms with Crippen LogP contribution in [0, 0.1) is 0 Å². The second kappa shape index (κ2) is 18.7. The van der Waals surface area contributed by atoms with Gasteiger partial charge < -0.3 is 18.9 Å². The Morgan fingerprint density at radius 2 is 0.645 bits per heavy atom. The van der Waals surface area contributed by atoms with Gasteiger partial charge in [-0.3, -0.25) is 0 Å². The first kappa shape index (κ1) is 47.9. The number of carbonyl (C=O) groups is 2. The molecule has 0 saturated carbocycles. The van der Waals surface area contributed by atoms with Crippen LogP contribution in [-0.2, 0) is 56.9 Å². The Kier molecular flexibility index (Phi) is 14.5. The molecule has 0 saturated heterocycles. The molecular formula is C56H72O6. The van der Waals surface area contributed by atoms with E-state index in [2.05, 4.69) is 159 Å². The molecule has 332 valence electrons. The van der Waals surface area contributed by atoms with Gasteiger partial charge in [-0.05, 0) is 79.0 Å². The lowest BCUT2D eigenvalue weighted by Crippen LogP contribution is -2.18. The Labute approximate surface area is 373 Å². The van der Waals surface area contributed by atoms with Crippen LogP contribution in [0.2, 0.25) is 0 Å². The molecule has 62 heavy (non-hydrogen) atoms. The van der Waals surface area contributed by atoms with Gasteiger partial charge in [-0.25, -0.2) is 9.59 Å². The molecule has 0 fully saturated rings. The van der Waals surface area contributed by atoms with E-state index in [4.69, 9.17) is 18.9 Å². The number of esters is 2. The topological polar surface area (TPSA) is 71.1 Å². The zero-order valence-electron chi connectivity index (χ0n) is 40.3. The van der Waals surface area contributed by atoms with Crippen molar-refractivity contribution in [3.8, 4) is 23.0 Å². The quantitative estimate of drug-likeness (QED) is 0.0792. The van der Waals surface area contributed by atoms with Crippen molar-refractivity contribution in [2.45, 2.75) is 157 Å². The maximum atomic E-state index is 13.4. The minimum absolute atomic E-state index is 0.219. The Morgan fingerprint density at radius 1 is 0.435 bits per heavy atom. The van der Waals surface area contributed by atoms with E-state index in [0.29, 0.717) is 50.4 Å². The highest BCUT2D eigenvalue weighted by molar-refractivity contribution is 5.85. The fraction of sp³-hybridized carbons (Fsp3) is 0.464. The first-order chi connectivity index (χ1) is 28.9. The average Bonchev–Trinajstić information content (AvgIpc) is 3.17. The molecule has 0 N–H and O–H groups in total. The predicted molar refractivity (Wildman–Crippen MR) is 255 cm³/mol. The van der Waals surface area contributed by atoms with E-state index >= 15 is 0 Å². The van der Waals surface area contributed by atoms with E-state index < -0.39 is 11.9 Å². The highest BCUT2D eigenvalue weighted by Gasteiger charge is 2.30. The summed E-state index contributed by atoms with van der Waals surface area (Å²) in [5.74, 6) is 1.60. The molecule has 0 aromatic heterocycles. The van der Waals surface area contributed by atoms with Gasteiger partial charge in [-0.2, -0.15) is 0 Å². The van der Waals surface area contributed by atoms with Crippen LogP contribution in [0.1, 0.15) is 177 Å². The summed E-state index contributed by atoms with van der Waals surface area (Å²) in [6.07, 6.45) is 5.83. The van der Waals surface area contributed by atoms with Crippen molar-refractivity contribution in [3.05, 3.63) is 141 Å². The van der Waals surface area contributed by atoms with E-state index in [1.165, 1.54) is 12.2 Å². The standard InChI is InChI=1S/C56H72O6/c1-17-21-59-49-35-23-39-31-45(55(11,12)13)33-41(51(39)61-47(57)19-3)25-37-29-44(54(8,9)10)30-38(50(37)60-22-18-2)26-42-34-46(56(14,15)16)32-40(52(42)62-48(58)20-4)24-36(49)28-43(27-35)53(5,6)7/h19-20,27-34H,3-4,17-18,21-26H2,1-2,5-16H3. The predicted octanol–water partition coefficient (Wildman–Crippen LogP) is 13.3.